The van der Waals surface area contributed by atoms with Crippen LogP contribution in [-0.2, 0) is 6.42 Å². The average Bonchev–Trinajstić information content (AvgIpc) is 2.30. The molecule has 0 fully saturated rings. The SMILES string of the molecule is CCc1nc(C(=O)O)cc(N(CC)CC)n1. The molecular weight excluding hydrogens is 206 g/mol. The summed E-state index contributed by atoms with van der Waals surface area (Å²) in [5.74, 6) is 0.251. The first-order valence-corrected chi connectivity index (χ1v) is 5.48. The summed E-state index contributed by atoms with van der Waals surface area (Å²) in [5, 5.41) is 8.95. The van der Waals surface area contributed by atoms with Gasteiger partial charge < -0.3 is 10.0 Å². The Hall–Kier alpha value is -1.65. The molecule has 0 aliphatic rings. The normalized spacial score (nSPS) is 10.2. The molecule has 5 heteroatoms. The van der Waals surface area contributed by atoms with Crippen molar-refractivity contribution in [3.05, 3.63) is 17.6 Å². The van der Waals surface area contributed by atoms with Gasteiger partial charge in [-0.25, -0.2) is 14.8 Å². The number of aromatic carboxylic acids is 1. The minimum Gasteiger partial charge on any atom is -0.477 e. The van der Waals surface area contributed by atoms with E-state index < -0.39 is 5.97 Å². The van der Waals surface area contributed by atoms with E-state index in [4.69, 9.17) is 5.11 Å². The zero-order chi connectivity index (χ0) is 12.1. The fourth-order valence-corrected chi connectivity index (χ4v) is 1.46. The number of nitrogens with zero attached hydrogens (tertiary/aromatic N) is 3. The molecule has 0 unspecified atom stereocenters. The smallest absolute Gasteiger partial charge is 0.354 e. The Bertz CT molecular complexity index is 375. The highest BCUT2D eigenvalue weighted by Crippen LogP contribution is 2.13. The topological polar surface area (TPSA) is 66.3 Å². The molecule has 0 radical (unpaired) electrons. The number of carboxylic acids is 1. The van der Waals surface area contributed by atoms with Gasteiger partial charge in [0.2, 0.25) is 0 Å². The van der Waals surface area contributed by atoms with Crippen molar-refractivity contribution in [1.29, 1.82) is 0 Å². The third-order valence-electron chi connectivity index (χ3n) is 2.38. The molecule has 1 N–H and O–H groups in total. The van der Waals surface area contributed by atoms with E-state index in [1.54, 1.807) is 0 Å². The number of rotatable bonds is 5. The Morgan fingerprint density at radius 3 is 2.38 bits per heavy atom. The maximum Gasteiger partial charge on any atom is 0.354 e. The Kier molecular flexibility index (Phi) is 4.22. The van der Waals surface area contributed by atoms with Crippen molar-refractivity contribution >= 4 is 11.8 Å². The van der Waals surface area contributed by atoms with Crippen molar-refractivity contribution in [2.75, 3.05) is 18.0 Å². The molecule has 0 aromatic carbocycles. The lowest BCUT2D eigenvalue weighted by Crippen LogP contribution is -2.24. The lowest BCUT2D eigenvalue weighted by atomic mass is 10.3. The van der Waals surface area contributed by atoms with E-state index in [0.717, 1.165) is 13.1 Å². The second kappa shape index (κ2) is 5.44. The van der Waals surface area contributed by atoms with Crippen LogP contribution in [0.5, 0.6) is 0 Å². The Balaban J connectivity index is 3.17. The van der Waals surface area contributed by atoms with Crippen LogP contribution >= 0.6 is 0 Å². The summed E-state index contributed by atoms with van der Waals surface area (Å²) in [6, 6.07) is 1.52. The lowest BCUT2D eigenvalue weighted by Gasteiger charge is -2.20. The van der Waals surface area contributed by atoms with E-state index in [-0.39, 0.29) is 5.69 Å². The van der Waals surface area contributed by atoms with Gasteiger partial charge in [0.05, 0.1) is 0 Å². The van der Waals surface area contributed by atoms with Crippen LogP contribution in [0.3, 0.4) is 0 Å². The summed E-state index contributed by atoms with van der Waals surface area (Å²) in [6.45, 7) is 7.54. The van der Waals surface area contributed by atoms with Gasteiger partial charge in [-0.2, -0.15) is 0 Å². The van der Waals surface area contributed by atoms with Crippen molar-refractivity contribution in [3.63, 3.8) is 0 Å². The van der Waals surface area contributed by atoms with Crippen LogP contribution in [0.15, 0.2) is 6.07 Å². The van der Waals surface area contributed by atoms with E-state index in [0.29, 0.717) is 18.1 Å². The number of hydrogen-bond donors (Lipinski definition) is 1. The number of carboxylic acid groups (broad SMARTS) is 1. The largest absolute Gasteiger partial charge is 0.477 e. The zero-order valence-electron chi connectivity index (χ0n) is 9.90. The van der Waals surface area contributed by atoms with Gasteiger partial charge in [0, 0.05) is 25.6 Å². The van der Waals surface area contributed by atoms with Crippen LogP contribution < -0.4 is 4.90 Å². The van der Waals surface area contributed by atoms with Gasteiger partial charge >= 0.3 is 5.97 Å². The third kappa shape index (κ3) is 2.68. The molecule has 88 valence electrons. The van der Waals surface area contributed by atoms with Gasteiger partial charge in [0.25, 0.3) is 0 Å². The minimum absolute atomic E-state index is 0.0637. The number of hydrogen-bond acceptors (Lipinski definition) is 4. The van der Waals surface area contributed by atoms with Gasteiger partial charge in [0.1, 0.15) is 11.6 Å². The molecule has 0 atom stereocenters. The van der Waals surface area contributed by atoms with E-state index in [2.05, 4.69) is 9.97 Å². The maximum atomic E-state index is 10.9. The van der Waals surface area contributed by atoms with E-state index in [9.17, 15) is 4.79 Å². The Morgan fingerprint density at radius 1 is 1.31 bits per heavy atom. The molecule has 0 aliphatic heterocycles. The Morgan fingerprint density at radius 2 is 1.94 bits per heavy atom. The molecule has 1 rings (SSSR count). The maximum absolute atomic E-state index is 10.9. The van der Waals surface area contributed by atoms with E-state index in [1.807, 2.05) is 25.7 Å². The summed E-state index contributed by atoms with van der Waals surface area (Å²) in [4.78, 5) is 21.2. The molecule has 5 nitrogen and oxygen atoms in total. The molecule has 0 bridgehead atoms. The van der Waals surface area contributed by atoms with Crippen molar-refractivity contribution in [2.24, 2.45) is 0 Å². The fourth-order valence-electron chi connectivity index (χ4n) is 1.46. The molecule has 1 aromatic rings. The zero-order valence-corrected chi connectivity index (χ0v) is 9.90. The van der Waals surface area contributed by atoms with Crippen LogP contribution in [0.4, 0.5) is 5.82 Å². The summed E-state index contributed by atoms with van der Waals surface area (Å²) in [7, 11) is 0. The summed E-state index contributed by atoms with van der Waals surface area (Å²) < 4.78 is 0. The first-order chi connectivity index (χ1) is 7.62. The standard InChI is InChI=1S/C11H17N3O2/c1-4-9-12-8(11(15)16)7-10(13-9)14(5-2)6-3/h7H,4-6H2,1-3H3,(H,15,16). The highest BCUT2D eigenvalue weighted by molar-refractivity contribution is 5.86. The van der Waals surface area contributed by atoms with E-state index >= 15 is 0 Å². The number of carbonyl (C=O) groups is 1. The van der Waals surface area contributed by atoms with Gasteiger partial charge in [0.15, 0.2) is 5.69 Å². The summed E-state index contributed by atoms with van der Waals surface area (Å²) >= 11 is 0. The second-order valence-corrected chi connectivity index (χ2v) is 3.36. The van der Waals surface area contributed by atoms with Crippen molar-refractivity contribution in [1.82, 2.24) is 9.97 Å². The highest BCUT2D eigenvalue weighted by atomic mass is 16.4. The fraction of sp³-hybridized carbons (Fsp3) is 0.545. The molecular formula is C11H17N3O2. The van der Waals surface area contributed by atoms with Crippen molar-refractivity contribution in [3.8, 4) is 0 Å². The monoisotopic (exact) mass is 223 g/mol. The predicted molar refractivity (Wildman–Crippen MR) is 61.9 cm³/mol. The first-order valence-electron chi connectivity index (χ1n) is 5.48. The van der Waals surface area contributed by atoms with Gasteiger partial charge in [-0.1, -0.05) is 6.92 Å². The molecule has 0 amide bonds. The van der Waals surface area contributed by atoms with Crippen LogP contribution in [-0.4, -0.2) is 34.1 Å². The second-order valence-electron chi connectivity index (χ2n) is 3.36. The van der Waals surface area contributed by atoms with Gasteiger partial charge in [-0.15, -0.1) is 0 Å². The van der Waals surface area contributed by atoms with E-state index in [1.165, 1.54) is 6.07 Å². The predicted octanol–water partition coefficient (Wildman–Crippen LogP) is 1.58. The van der Waals surface area contributed by atoms with Gasteiger partial charge in [-0.3, -0.25) is 0 Å². The number of anilines is 1. The van der Waals surface area contributed by atoms with Crippen LogP contribution in [0.2, 0.25) is 0 Å². The third-order valence-corrected chi connectivity index (χ3v) is 2.38. The molecule has 0 aliphatic carbocycles. The molecule has 0 saturated heterocycles. The van der Waals surface area contributed by atoms with Crippen molar-refractivity contribution in [2.45, 2.75) is 27.2 Å². The average molecular weight is 223 g/mol. The molecule has 0 spiro atoms. The highest BCUT2D eigenvalue weighted by Gasteiger charge is 2.12. The number of aryl methyl sites for hydroxylation is 1. The summed E-state index contributed by atoms with van der Waals surface area (Å²) in [6.07, 6.45) is 0.634. The summed E-state index contributed by atoms with van der Waals surface area (Å²) in [5.41, 5.74) is 0.0637. The molecule has 0 saturated carbocycles. The number of aromatic nitrogens is 2. The van der Waals surface area contributed by atoms with Crippen molar-refractivity contribution < 1.29 is 9.90 Å². The minimum atomic E-state index is -1.01. The lowest BCUT2D eigenvalue weighted by molar-refractivity contribution is 0.0690. The van der Waals surface area contributed by atoms with Crippen LogP contribution in [0, 0.1) is 0 Å². The quantitative estimate of drug-likeness (QED) is 0.821. The van der Waals surface area contributed by atoms with Crippen LogP contribution in [0.1, 0.15) is 37.1 Å². The van der Waals surface area contributed by atoms with Gasteiger partial charge in [-0.05, 0) is 13.8 Å². The molecule has 16 heavy (non-hydrogen) atoms. The first kappa shape index (κ1) is 12.4. The molecule has 1 heterocycles. The van der Waals surface area contributed by atoms with Crippen LogP contribution in [0.25, 0.3) is 0 Å². The molecule has 1 aromatic heterocycles. The Labute approximate surface area is 95.1 Å².